The molecule has 12 heteroatoms. The third-order valence-corrected chi connectivity index (χ3v) is 7.28. The zero-order valence-corrected chi connectivity index (χ0v) is 21.6. The third-order valence-electron chi connectivity index (χ3n) is 4.76. The van der Waals surface area contributed by atoms with Crippen LogP contribution in [0.5, 0.6) is 5.75 Å². The van der Waals surface area contributed by atoms with Crippen molar-refractivity contribution in [2.45, 2.75) is 11.8 Å². The molecule has 0 fully saturated rings. The molecule has 3 aromatic carbocycles. The summed E-state index contributed by atoms with van der Waals surface area (Å²) < 4.78 is 33.1. The number of nitrogens with one attached hydrogen (secondary N) is 2. The van der Waals surface area contributed by atoms with E-state index in [1.54, 1.807) is 30.3 Å². The molecule has 0 heterocycles. The van der Waals surface area contributed by atoms with Crippen LogP contribution in [0.2, 0.25) is 10.0 Å². The number of carbonyl (C=O) groups is 2. The summed E-state index contributed by atoms with van der Waals surface area (Å²) in [5.74, 6) is -0.449. The van der Waals surface area contributed by atoms with Crippen LogP contribution in [0.1, 0.15) is 12.5 Å². The summed E-state index contributed by atoms with van der Waals surface area (Å²) >= 11 is 11.9. The van der Waals surface area contributed by atoms with Gasteiger partial charge in [-0.25, -0.2) is 13.8 Å². The van der Waals surface area contributed by atoms with Crippen LogP contribution in [0.3, 0.4) is 0 Å². The Morgan fingerprint density at radius 1 is 1.00 bits per heavy atom. The summed E-state index contributed by atoms with van der Waals surface area (Å²) in [5, 5.41) is 7.15. The molecular weight excluding hydrogens is 527 g/mol. The zero-order valence-electron chi connectivity index (χ0n) is 19.2. The van der Waals surface area contributed by atoms with Gasteiger partial charge in [-0.1, -0.05) is 29.3 Å². The normalized spacial score (nSPS) is 11.2. The quantitative estimate of drug-likeness (QED) is 0.305. The lowest BCUT2D eigenvalue weighted by molar-refractivity contribution is -0.119. The second-order valence-electron chi connectivity index (χ2n) is 7.38. The predicted molar refractivity (Wildman–Crippen MR) is 140 cm³/mol. The number of amides is 2. The molecule has 3 rings (SSSR count). The minimum absolute atomic E-state index is 0.0699. The Hall–Kier alpha value is -3.60. The average molecular weight is 549 g/mol. The number of hydrazone groups is 1. The first-order valence-electron chi connectivity index (χ1n) is 10.4. The van der Waals surface area contributed by atoms with Crippen molar-refractivity contribution in [1.29, 1.82) is 0 Å². The van der Waals surface area contributed by atoms with Crippen LogP contribution in [-0.2, 0) is 19.6 Å². The van der Waals surface area contributed by atoms with Gasteiger partial charge in [-0.15, -0.1) is 0 Å². The summed E-state index contributed by atoms with van der Waals surface area (Å²) in [4.78, 5) is 23.8. The van der Waals surface area contributed by atoms with Crippen molar-refractivity contribution in [2.24, 2.45) is 5.10 Å². The molecule has 0 aromatic heterocycles. The van der Waals surface area contributed by atoms with Crippen molar-refractivity contribution in [2.75, 3.05) is 23.3 Å². The standard InChI is InChI=1S/C24H22Cl2N4O5S/c1-16(31)28-18-4-10-21(11-5-18)36(33,34)30(19-6-8-20(35-2)9-7-19)15-24(32)29-27-14-17-3-12-22(25)23(26)13-17/h3-14H,15H2,1-2H3,(H,28,31)(H,29,32)/b27-14-. The number of benzene rings is 3. The number of anilines is 2. The van der Waals surface area contributed by atoms with Gasteiger partial charge in [0.1, 0.15) is 12.3 Å². The molecule has 0 spiro atoms. The molecule has 0 saturated heterocycles. The smallest absolute Gasteiger partial charge is 0.264 e. The molecule has 188 valence electrons. The zero-order chi connectivity index (χ0) is 26.3. The summed E-state index contributed by atoms with van der Waals surface area (Å²) in [6.07, 6.45) is 1.35. The van der Waals surface area contributed by atoms with Crippen LogP contribution in [0, 0.1) is 0 Å². The lowest BCUT2D eigenvalue weighted by atomic mass is 10.2. The molecule has 0 aliphatic heterocycles. The van der Waals surface area contributed by atoms with Gasteiger partial charge in [0.25, 0.3) is 15.9 Å². The van der Waals surface area contributed by atoms with Crippen LogP contribution in [0.25, 0.3) is 0 Å². The second-order valence-corrected chi connectivity index (χ2v) is 10.1. The highest BCUT2D eigenvalue weighted by Crippen LogP contribution is 2.26. The molecule has 2 amide bonds. The number of sulfonamides is 1. The highest BCUT2D eigenvalue weighted by Gasteiger charge is 2.27. The lowest BCUT2D eigenvalue weighted by Crippen LogP contribution is -2.39. The van der Waals surface area contributed by atoms with Gasteiger partial charge in [0, 0.05) is 12.6 Å². The Morgan fingerprint density at radius 2 is 1.67 bits per heavy atom. The molecule has 0 atom stereocenters. The summed E-state index contributed by atoms with van der Waals surface area (Å²) in [5.41, 5.74) is 3.58. The number of hydrogen-bond acceptors (Lipinski definition) is 6. The van der Waals surface area contributed by atoms with E-state index in [0.29, 0.717) is 27.0 Å². The van der Waals surface area contributed by atoms with Crippen molar-refractivity contribution in [3.8, 4) is 5.75 Å². The Labute approximate surface area is 218 Å². The molecule has 9 nitrogen and oxygen atoms in total. The van der Waals surface area contributed by atoms with Gasteiger partial charge in [0.05, 0.1) is 34.0 Å². The molecule has 0 bridgehead atoms. The van der Waals surface area contributed by atoms with Crippen LogP contribution in [0.15, 0.2) is 76.7 Å². The Balaban J connectivity index is 1.84. The van der Waals surface area contributed by atoms with Gasteiger partial charge in [0.15, 0.2) is 0 Å². The number of nitrogens with zero attached hydrogens (tertiary/aromatic N) is 2. The Bertz CT molecular complexity index is 1380. The van der Waals surface area contributed by atoms with E-state index < -0.39 is 22.5 Å². The van der Waals surface area contributed by atoms with Crippen LogP contribution in [0.4, 0.5) is 11.4 Å². The van der Waals surface area contributed by atoms with E-state index in [0.717, 1.165) is 4.31 Å². The topological polar surface area (TPSA) is 117 Å². The largest absolute Gasteiger partial charge is 0.497 e. The highest BCUT2D eigenvalue weighted by molar-refractivity contribution is 7.92. The van der Waals surface area contributed by atoms with Crippen LogP contribution >= 0.6 is 23.2 Å². The molecule has 0 radical (unpaired) electrons. The van der Waals surface area contributed by atoms with Crippen molar-refractivity contribution >= 4 is 62.6 Å². The van der Waals surface area contributed by atoms with Gasteiger partial charge < -0.3 is 10.1 Å². The molecule has 2 N–H and O–H groups in total. The van der Waals surface area contributed by atoms with E-state index in [-0.39, 0.29) is 16.5 Å². The first-order chi connectivity index (χ1) is 17.1. The Morgan fingerprint density at radius 3 is 2.25 bits per heavy atom. The van der Waals surface area contributed by atoms with Gasteiger partial charge >= 0.3 is 0 Å². The number of methoxy groups -OCH3 is 1. The average Bonchev–Trinajstić information content (AvgIpc) is 2.85. The number of hydrogen-bond donors (Lipinski definition) is 2. The first-order valence-corrected chi connectivity index (χ1v) is 12.6. The number of rotatable bonds is 9. The summed E-state index contributed by atoms with van der Waals surface area (Å²) in [6, 6.07) is 16.6. The minimum atomic E-state index is -4.17. The number of ether oxygens (including phenoxy) is 1. The highest BCUT2D eigenvalue weighted by atomic mass is 35.5. The molecule has 36 heavy (non-hydrogen) atoms. The fourth-order valence-electron chi connectivity index (χ4n) is 3.04. The lowest BCUT2D eigenvalue weighted by Gasteiger charge is -2.24. The van der Waals surface area contributed by atoms with E-state index in [1.165, 1.54) is 56.6 Å². The van der Waals surface area contributed by atoms with Gasteiger partial charge in [-0.05, 0) is 66.2 Å². The van der Waals surface area contributed by atoms with E-state index in [2.05, 4.69) is 15.8 Å². The number of halogens is 2. The summed E-state index contributed by atoms with van der Waals surface area (Å²) in [7, 11) is -2.68. The maximum atomic E-state index is 13.5. The van der Waals surface area contributed by atoms with Crippen molar-refractivity contribution in [3.63, 3.8) is 0 Å². The monoisotopic (exact) mass is 548 g/mol. The van der Waals surface area contributed by atoms with E-state index >= 15 is 0 Å². The molecule has 0 aliphatic rings. The molecule has 3 aromatic rings. The fourth-order valence-corrected chi connectivity index (χ4v) is 4.77. The predicted octanol–water partition coefficient (Wildman–Crippen LogP) is 4.31. The van der Waals surface area contributed by atoms with Gasteiger partial charge in [-0.2, -0.15) is 5.10 Å². The maximum absolute atomic E-state index is 13.5. The fraction of sp³-hybridized carbons (Fsp3) is 0.125. The summed E-state index contributed by atoms with van der Waals surface area (Å²) in [6.45, 7) is 0.791. The maximum Gasteiger partial charge on any atom is 0.264 e. The van der Waals surface area contributed by atoms with Crippen molar-refractivity contribution in [1.82, 2.24) is 5.43 Å². The van der Waals surface area contributed by atoms with Crippen LogP contribution in [-0.4, -0.2) is 40.1 Å². The number of carbonyl (C=O) groups excluding carboxylic acids is 2. The second kappa shape index (κ2) is 11.9. The van der Waals surface area contributed by atoms with Gasteiger partial charge in [0.2, 0.25) is 5.91 Å². The SMILES string of the molecule is COc1ccc(N(CC(=O)N/N=C\c2ccc(Cl)c(Cl)c2)S(=O)(=O)c2ccc(NC(C)=O)cc2)cc1. The van der Waals surface area contributed by atoms with E-state index in [1.807, 2.05) is 0 Å². The minimum Gasteiger partial charge on any atom is -0.497 e. The Kier molecular flexibility index (Phi) is 8.92. The van der Waals surface area contributed by atoms with Crippen LogP contribution < -0.4 is 19.8 Å². The van der Waals surface area contributed by atoms with Crippen molar-refractivity contribution in [3.05, 3.63) is 82.3 Å². The molecular formula is C24H22Cl2N4O5S. The first kappa shape index (κ1) is 27.0. The van der Waals surface area contributed by atoms with Gasteiger partial charge in [-0.3, -0.25) is 13.9 Å². The molecule has 0 unspecified atom stereocenters. The van der Waals surface area contributed by atoms with E-state index in [4.69, 9.17) is 27.9 Å². The van der Waals surface area contributed by atoms with Crippen molar-refractivity contribution < 1.29 is 22.7 Å². The molecule has 0 aliphatic carbocycles. The van der Waals surface area contributed by atoms with E-state index in [9.17, 15) is 18.0 Å². The third kappa shape index (κ3) is 6.97. The molecule has 0 saturated carbocycles.